The molecule has 4 atom stereocenters. The van der Waals surface area contributed by atoms with Crippen LogP contribution in [0.25, 0.3) is 0 Å². The summed E-state index contributed by atoms with van der Waals surface area (Å²) >= 11 is 0. The molecule has 0 aliphatic heterocycles. The Balaban J connectivity index is 1.43. The van der Waals surface area contributed by atoms with E-state index in [0.717, 1.165) is 28.9 Å². The lowest BCUT2D eigenvalue weighted by Gasteiger charge is -2.41. The van der Waals surface area contributed by atoms with Gasteiger partial charge in [-0.15, -0.1) is 0 Å². The Hall–Kier alpha value is -2.33. The van der Waals surface area contributed by atoms with Crippen LogP contribution in [0.2, 0.25) is 0 Å². The summed E-state index contributed by atoms with van der Waals surface area (Å²) in [6, 6.07) is 13.8. The molecule has 0 N–H and O–H groups in total. The van der Waals surface area contributed by atoms with Crippen LogP contribution in [0.5, 0.6) is 0 Å². The first kappa shape index (κ1) is 20.0. The Morgan fingerprint density at radius 3 is 2.41 bits per heavy atom. The highest BCUT2D eigenvalue weighted by Crippen LogP contribution is 2.47. The third-order valence-electron chi connectivity index (χ3n) is 6.98. The molecule has 0 aromatic heterocycles. The van der Waals surface area contributed by atoms with Gasteiger partial charge in [0.05, 0.1) is 5.56 Å². The van der Waals surface area contributed by atoms with E-state index in [1.807, 2.05) is 30.3 Å². The van der Waals surface area contributed by atoms with Gasteiger partial charge in [0.15, 0.2) is 0 Å². The van der Waals surface area contributed by atoms with Crippen molar-refractivity contribution in [2.45, 2.75) is 58.3 Å². The van der Waals surface area contributed by atoms with Gasteiger partial charge in [-0.25, -0.2) is 4.39 Å². The van der Waals surface area contributed by atoms with Gasteiger partial charge in [0.2, 0.25) is 0 Å². The Labute approximate surface area is 175 Å². The topological polar surface area (TPSA) is 0 Å². The molecule has 0 bridgehead atoms. The highest BCUT2D eigenvalue weighted by atomic mass is 19.1. The number of hydrogen-bond donors (Lipinski definition) is 0. The summed E-state index contributed by atoms with van der Waals surface area (Å²) in [4.78, 5) is 0. The second-order valence-corrected chi connectivity index (χ2v) is 8.98. The lowest BCUT2D eigenvalue weighted by Crippen LogP contribution is -2.30. The van der Waals surface area contributed by atoms with Gasteiger partial charge in [-0.3, -0.25) is 0 Å². The molecule has 0 amide bonds. The number of fused-ring (bicyclic) bond motifs is 1. The van der Waals surface area contributed by atoms with Gasteiger partial charge in [-0.1, -0.05) is 47.8 Å². The second-order valence-electron chi connectivity index (χ2n) is 8.98. The molecular formula is C28H31F. The molecule has 0 nitrogen and oxygen atoms in total. The van der Waals surface area contributed by atoms with Crippen LogP contribution in [0.15, 0.2) is 54.6 Å². The zero-order chi connectivity index (χ0) is 20.2. The quantitative estimate of drug-likeness (QED) is 0.372. The van der Waals surface area contributed by atoms with Crippen LogP contribution in [-0.4, -0.2) is 0 Å². The van der Waals surface area contributed by atoms with E-state index in [0.29, 0.717) is 11.5 Å². The minimum Gasteiger partial charge on any atom is -0.206 e. The third kappa shape index (κ3) is 4.81. The first-order valence-electron chi connectivity index (χ1n) is 11.1. The predicted octanol–water partition coefficient (Wildman–Crippen LogP) is 7.41. The van der Waals surface area contributed by atoms with E-state index in [1.165, 1.54) is 44.1 Å². The number of rotatable bonds is 2. The highest BCUT2D eigenvalue weighted by Gasteiger charge is 2.35. The normalized spacial score (nSPS) is 26.6. The second kappa shape index (κ2) is 9.00. The maximum absolute atomic E-state index is 14.7. The Kier molecular flexibility index (Phi) is 6.19. The maximum Gasteiger partial charge on any atom is 0.139 e. The zero-order valence-corrected chi connectivity index (χ0v) is 17.6. The summed E-state index contributed by atoms with van der Waals surface area (Å²) in [5.41, 5.74) is 3.79. The molecule has 4 rings (SSSR count). The van der Waals surface area contributed by atoms with Gasteiger partial charge in [0.25, 0.3) is 0 Å². The standard InChI is InChI=1S/C28H31F/c1-3-4-22-10-12-25-18-26(16-15-24(25)17-22)27-14-13-23(28(29)19-27)11-9-21-7-5-20(2)6-8-21/h3-8,13-14,19,22,24-26H,10,12,15-18H2,1-2H3/b4-3+. The lowest BCUT2D eigenvalue weighted by molar-refractivity contribution is 0.133. The Morgan fingerprint density at radius 2 is 1.66 bits per heavy atom. The molecular weight excluding hydrogens is 355 g/mol. The minimum atomic E-state index is -0.180. The van der Waals surface area contributed by atoms with Gasteiger partial charge in [-0.05, 0) is 106 Å². The van der Waals surface area contributed by atoms with Crippen molar-refractivity contribution < 1.29 is 4.39 Å². The molecule has 2 fully saturated rings. The molecule has 0 radical (unpaired) electrons. The number of halogens is 1. The van der Waals surface area contributed by atoms with Crippen LogP contribution in [0.1, 0.15) is 73.6 Å². The minimum absolute atomic E-state index is 0.180. The van der Waals surface area contributed by atoms with E-state index >= 15 is 0 Å². The number of aryl methyl sites for hydroxylation is 1. The van der Waals surface area contributed by atoms with E-state index < -0.39 is 0 Å². The molecule has 1 heteroatoms. The van der Waals surface area contributed by atoms with Crippen LogP contribution < -0.4 is 0 Å². The molecule has 2 aliphatic rings. The maximum atomic E-state index is 14.7. The number of allylic oxidation sites excluding steroid dienone is 2. The van der Waals surface area contributed by atoms with Gasteiger partial charge >= 0.3 is 0 Å². The smallest absolute Gasteiger partial charge is 0.139 e. The van der Waals surface area contributed by atoms with Crippen LogP contribution in [0.4, 0.5) is 4.39 Å². The van der Waals surface area contributed by atoms with E-state index in [9.17, 15) is 4.39 Å². The third-order valence-corrected chi connectivity index (χ3v) is 6.98. The fourth-order valence-electron chi connectivity index (χ4n) is 5.34. The monoisotopic (exact) mass is 386 g/mol. The van der Waals surface area contributed by atoms with Crippen molar-refractivity contribution in [2.75, 3.05) is 0 Å². The zero-order valence-electron chi connectivity index (χ0n) is 17.6. The molecule has 2 aromatic rings. The molecule has 0 saturated heterocycles. The molecule has 0 heterocycles. The SMILES string of the molecule is C/C=C/C1CCC2CC(c3ccc(C#Cc4ccc(C)cc4)c(F)c3)CCC2C1. The average Bonchev–Trinajstić information content (AvgIpc) is 2.74. The van der Waals surface area contributed by atoms with Crippen molar-refractivity contribution in [3.05, 3.63) is 82.7 Å². The van der Waals surface area contributed by atoms with Crippen molar-refractivity contribution in [3.8, 4) is 11.8 Å². The van der Waals surface area contributed by atoms with Crippen LogP contribution in [0.3, 0.4) is 0 Å². The Morgan fingerprint density at radius 1 is 0.897 bits per heavy atom. The van der Waals surface area contributed by atoms with Crippen molar-refractivity contribution in [1.82, 2.24) is 0 Å². The molecule has 0 spiro atoms. The van der Waals surface area contributed by atoms with Gasteiger partial charge < -0.3 is 0 Å². The molecule has 2 aromatic carbocycles. The van der Waals surface area contributed by atoms with Gasteiger partial charge in [0.1, 0.15) is 5.82 Å². The first-order chi connectivity index (χ1) is 14.1. The van der Waals surface area contributed by atoms with Crippen molar-refractivity contribution >= 4 is 0 Å². The van der Waals surface area contributed by atoms with E-state index in [4.69, 9.17) is 0 Å². The van der Waals surface area contributed by atoms with Crippen LogP contribution >= 0.6 is 0 Å². The highest BCUT2D eigenvalue weighted by molar-refractivity contribution is 5.45. The van der Waals surface area contributed by atoms with Crippen molar-refractivity contribution in [1.29, 1.82) is 0 Å². The molecule has 29 heavy (non-hydrogen) atoms. The summed E-state index contributed by atoms with van der Waals surface area (Å²) in [6.07, 6.45) is 12.3. The fraction of sp³-hybridized carbons (Fsp3) is 0.429. The average molecular weight is 387 g/mol. The first-order valence-corrected chi connectivity index (χ1v) is 11.1. The van der Waals surface area contributed by atoms with E-state index in [2.05, 4.69) is 43.9 Å². The fourth-order valence-corrected chi connectivity index (χ4v) is 5.34. The Bertz CT molecular complexity index is 925. The van der Waals surface area contributed by atoms with Crippen molar-refractivity contribution in [2.24, 2.45) is 17.8 Å². The number of benzene rings is 2. The van der Waals surface area contributed by atoms with E-state index in [-0.39, 0.29) is 5.82 Å². The van der Waals surface area contributed by atoms with Gasteiger partial charge in [0, 0.05) is 5.56 Å². The van der Waals surface area contributed by atoms with Gasteiger partial charge in [-0.2, -0.15) is 0 Å². The molecule has 4 unspecified atom stereocenters. The summed E-state index contributed by atoms with van der Waals surface area (Å²) < 4.78 is 14.7. The van der Waals surface area contributed by atoms with E-state index in [1.54, 1.807) is 6.07 Å². The van der Waals surface area contributed by atoms with Crippen molar-refractivity contribution in [3.63, 3.8) is 0 Å². The largest absolute Gasteiger partial charge is 0.206 e. The molecule has 2 saturated carbocycles. The number of hydrogen-bond acceptors (Lipinski definition) is 0. The molecule has 2 aliphatic carbocycles. The summed E-state index contributed by atoms with van der Waals surface area (Å²) in [5.74, 6) is 8.88. The summed E-state index contributed by atoms with van der Waals surface area (Å²) in [5, 5.41) is 0. The lowest BCUT2D eigenvalue weighted by atomic mass is 9.64. The van der Waals surface area contributed by atoms with Crippen LogP contribution in [0, 0.1) is 42.3 Å². The summed E-state index contributed by atoms with van der Waals surface area (Å²) in [7, 11) is 0. The molecule has 150 valence electrons. The summed E-state index contributed by atoms with van der Waals surface area (Å²) in [6.45, 7) is 4.18. The predicted molar refractivity (Wildman–Crippen MR) is 119 cm³/mol. The van der Waals surface area contributed by atoms with Crippen LogP contribution in [-0.2, 0) is 0 Å².